The fourth-order valence-electron chi connectivity index (χ4n) is 2.67. The van der Waals surface area contributed by atoms with Gasteiger partial charge in [0.15, 0.2) is 6.61 Å². The molecule has 0 bridgehead atoms. The Hall–Kier alpha value is -3.41. The lowest BCUT2D eigenvalue weighted by Crippen LogP contribution is -2.21. The highest BCUT2D eigenvalue weighted by Gasteiger charge is 2.20. The van der Waals surface area contributed by atoms with Crippen LogP contribution in [0.5, 0.6) is 5.75 Å². The summed E-state index contributed by atoms with van der Waals surface area (Å²) in [6.45, 7) is 1.30. The topological polar surface area (TPSA) is 134 Å². The summed E-state index contributed by atoms with van der Waals surface area (Å²) in [4.78, 5) is 23.5. The van der Waals surface area contributed by atoms with E-state index >= 15 is 0 Å². The number of rotatable bonds is 9. The molecule has 2 aromatic carbocycles. The normalized spacial score (nSPS) is 11.3. The van der Waals surface area contributed by atoms with Crippen molar-refractivity contribution in [2.75, 3.05) is 11.3 Å². The lowest BCUT2D eigenvalue weighted by Gasteiger charge is -2.11. The van der Waals surface area contributed by atoms with Crippen molar-refractivity contribution in [3.8, 4) is 5.75 Å². The van der Waals surface area contributed by atoms with Crippen molar-refractivity contribution >= 4 is 56.7 Å². The van der Waals surface area contributed by atoms with Gasteiger partial charge in [-0.15, -0.1) is 11.3 Å². The van der Waals surface area contributed by atoms with Crippen molar-refractivity contribution in [3.63, 3.8) is 0 Å². The average molecular weight is 508 g/mol. The number of halogens is 1. The molecule has 12 heteroatoms. The second-order valence-corrected chi connectivity index (χ2v) is 9.94. The minimum Gasteiger partial charge on any atom is -0.481 e. The molecule has 0 saturated heterocycles. The summed E-state index contributed by atoms with van der Waals surface area (Å²) in [5.41, 5.74) is 3.64. The molecule has 3 rings (SSSR count). The van der Waals surface area contributed by atoms with Gasteiger partial charge in [-0.3, -0.25) is 9.52 Å². The number of nitrogens with one attached hydrogen (secondary N) is 2. The number of amides is 1. The average Bonchev–Trinajstić information content (AvgIpc) is 3.29. The zero-order chi connectivity index (χ0) is 24.0. The summed E-state index contributed by atoms with van der Waals surface area (Å²) < 4.78 is 32.8. The van der Waals surface area contributed by atoms with Crippen LogP contribution in [-0.4, -0.2) is 38.2 Å². The summed E-state index contributed by atoms with van der Waals surface area (Å²) in [6.07, 6.45) is 1.30. The maximum atomic E-state index is 12.7. The fraction of sp³-hybridized carbons (Fsp3) is 0.0952. The highest BCUT2D eigenvalue weighted by atomic mass is 35.5. The van der Waals surface area contributed by atoms with E-state index in [1.807, 2.05) is 6.92 Å². The molecule has 1 aromatic heterocycles. The summed E-state index contributed by atoms with van der Waals surface area (Å²) in [5, 5.41) is 14.6. The van der Waals surface area contributed by atoms with Gasteiger partial charge in [0.25, 0.3) is 15.9 Å². The number of aliphatic carboxylic acids is 1. The number of carboxylic acids is 1. The number of thiophene rings is 1. The number of ether oxygens (including phenoxy) is 1. The van der Waals surface area contributed by atoms with Crippen molar-refractivity contribution in [1.82, 2.24) is 5.43 Å². The molecule has 0 aliphatic rings. The van der Waals surface area contributed by atoms with Crippen LogP contribution in [0, 0.1) is 6.92 Å². The Morgan fingerprint density at radius 2 is 2.00 bits per heavy atom. The summed E-state index contributed by atoms with van der Waals surface area (Å²) >= 11 is 7.03. The molecule has 33 heavy (non-hydrogen) atoms. The number of hydrogen-bond donors (Lipinski definition) is 3. The third-order valence-electron chi connectivity index (χ3n) is 4.12. The second-order valence-electron chi connectivity index (χ2n) is 6.65. The number of hydrogen-bond acceptors (Lipinski definition) is 7. The molecule has 172 valence electrons. The largest absolute Gasteiger partial charge is 0.481 e. The van der Waals surface area contributed by atoms with E-state index in [0.717, 1.165) is 16.9 Å². The Morgan fingerprint density at radius 3 is 2.70 bits per heavy atom. The summed E-state index contributed by atoms with van der Waals surface area (Å²) in [5.74, 6) is -1.55. The first-order valence-electron chi connectivity index (χ1n) is 9.30. The molecular weight excluding hydrogens is 490 g/mol. The van der Waals surface area contributed by atoms with Crippen molar-refractivity contribution < 1.29 is 27.9 Å². The molecule has 0 unspecified atom stereocenters. The van der Waals surface area contributed by atoms with Gasteiger partial charge < -0.3 is 9.84 Å². The standard InChI is InChI=1S/C21H18ClN3O6S2/c1-13-4-7-18(31-12-19(26)27)14(9-13)11-23-24-21(28)16-6-5-15(22)10-17(16)25-33(29,30)20-3-2-8-32-20/h2-11,25H,12H2,1H3,(H,24,28)(H,26,27). The number of anilines is 1. The number of nitrogens with zero attached hydrogens (tertiary/aromatic N) is 1. The summed E-state index contributed by atoms with van der Waals surface area (Å²) in [7, 11) is -3.90. The zero-order valence-corrected chi connectivity index (χ0v) is 19.5. The first-order chi connectivity index (χ1) is 15.7. The first kappa shape index (κ1) is 24.2. The number of carboxylic acid groups (broad SMARTS) is 1. The molecule has 3 aromatic rings. The van der Waals surface area contributed by atoms with Crippen molar-refractivity contribution in [2.24, 2.45) is 5.10 Å². The molecular formula is C21H18ClN3O6S2. The van der Waals surface area contributed by atoms with Crippen LogP contribution in [0.4, 0.5) is 5.69 Å². The first-order valence-corrected chi connectivity index (χ1v) is 12.0. The molecule has 0 saturated carbocycles. The van der Waals surface area contributed by atoms with Gasteiger partial charge in [-0.25, -0.2) is 18.6 Å². The Morgan fingerprint density at radius 1 is 1.21 bits per heavy atom. The van der Waals surface area contributed by atoms with Crippen LogP contribution in [0.15, 0.2) is 63.2 Å². The van der Waals surface area contributed by atoms with Crippen LogP contribution in [0.2, 0.25) is 5.02 Å². The minimum atomic E-state index is -3.90. The van der Waals surface area contributed by atoms with E-state index in [2.05, 4.69) is 15.2 Å². The third-order valence-corrected chi connectivity index (χ3v) is 7.11. The van der Waals surface area contributed by atoms with Crippen molar-refractivity contribution in [1.29, 1.82) is 0 Å². The molecule has 0 fully saturated rings. The van der Waals surface area contributed by atoms with Gasteiger partial charge in [-0.1, -0.05) is 29.3 Å². The number of benzene rings is 2. The van der Waals surface area contributed by atoms with Crippen LogP contribution >= 0.6 is 22.9 Å². The van der Waals surface area contributed by atoms with Gasteiger partial charge in [0, 0.05) is 10.6 Å². The number of hydrazone groups is 1. The Bertz CT molecular complexity index is 1310. The van der Waals surface area contributed by atoms with Crippen LogP contribution in [0.25, 0.3) is 0 Å². The van der Waals surface area contributed by atoms with E-state index in [0.29, 0.717) is 5.56 Å². The predicted molar refractivity (Wildman–Crippen MR) is 126 cm³/mol. The van der Waals surface area contributed by atoms with E-state index in [1.165, 1.54) is 30.5 Å². The van der Waals surface area contributed by atoms with Crippen LogP contribution in [0.1, 0.15) is 21.5 Å². The van der Waals surface area contributed by atoms with Gasteiger partial charge in [-0.2, -0.15) is 5.10 Å². The number of carbonyl (C=O) groups excluding carboxylic acids is 1. The zero-order valence-electron chi connectivity index (χ0n) is 17.1. The maximum absolute atomic E-state index is 12.7. The van der Waals surface area contributed by atoms with Crippen LogP contribution < -0.4 is 14.9 Å². The van der Waals surface area contributed by atoms with Gasteiger partial charge in [0.05, 0.1) is 17.5 Å². The van der Waals surface area contributed by atoms with Gasteiger partial charge in [-0.05, 0) is 48.7 Å². The molecule has 0 atom stereocenters. The molecule has 1 heterocycles. The molecule has 0 aliphatic heterocycles. The second kappa shape index (κ2) is 10.5. The summed E-state index contributed by atoms with van der Waals surface area (Å²) in [6, 6.07) is 12.2. The highest BCUT2D eigenvalue weighted by Crippen LogP contribution is 2.26. The molecule has 0 radical (unpaired) electrons. The molecule has 0 spiro atoms. The molecule has 0 aliphatic carbocycles. The van der Waals surface area contributed by atoms with Crippen LogP contribution in [-0.2, 0) is 14.8 Å². The fourth-order valence-corrected chi connectivity index (χ4v) is 4.91. The number of sulfonamides is 1. The highest BCUT2D eigenvalue weighted by molar-refractivity contribution is 7.94. The smallest absolute Gasteiger partial charge is 0.341 e. The quantitative estimate of drug-likeness (QED) is 0.298. The van der Waals surface area contributed by atoms with Crippen LogP contribution in [0.3, 0.4) is 0 Å². The lowest BCUT2D eigenvalue weighted by molar-refractivity contribution is -0.139. The van der Waals surface area contributed by atoms with Gasteiger partial charge in [0.1, 0.15) is 9.96 Å². The van der Waals surface area contributed by atoms with Crippen molar-refractivity contribution in [3.05, 3.63) is 75.6 Å². The van der Waals surface area contributed by atoms with E-state index in [1.54, 1.807) is 29.6 Å². The maximum Gasteiger partial charge on any atom is 0.341 e. The minimum absolute atomic E-state index is 0.00303. The molecule has 3 N–H and O–H groups in total. The number of aryl methyl sites for hydroxylation is 1. The Kier molecular flexibility index (Phi) is 7.69. The van der Waals surface area contributed by atoms with Gasteiger partial charge >= 0.3 is 5.97 Å². The predicted octanol–water partition coefficient (Wildman–Crippen LogP) is 3.74. The monoisotopic (exact) mass is 507 g/mol. The third kappa shape index (κ3) is 6.54. The lowest BCUT2D eigenvalue weighted by atomic mass is 10.1. The molecule has 1 amide bonds. The van der Waals surface area contributed by atoms with E-state index in [9.17, 15) is 18.0 Å². The SMILES string of the molecule is Cc1ccc(OCC(=O)O)c(C=NNC(=O)c2ccc(Cl)cc2NS(=O)(=O)c2cccs2)c1. The number of carbonyl (C=O) groups is 2. The molecule has 9 nitrogen and oxygen atoms in total. The Balaban J connectivity index is 1.80. The van der Waals surface area contributed by atoms with E-state index < -0.39 is 28.5 Å². The van der Waals surface area contributed by atoms with E-state index in [4.69, 9.17) is 21.4 Å². The van der Waals surface area contributed by atoms with E-state index in [-0.39, 0.29) is 26.2 Å². The van der Waals surface area contributed by atoms with Gasteiger partial charge in [0.2, 0.25) is 0 Å². The Labute approximate surface area is 198 Å². The van der Waals surface area contributed by atoms with Crippen molar-refractivity contribution in [2.45, 2.75) is 11.1 Å².